The van der Waals surface area contributed by atoms with Crippen molar-refractivity contribution in [1.29, 1.82) is 0 Å². The lowest BCUT2D eigenvalue weighted by Gasteiger charge is -2.11. The highest BCUT2D eigenvalue weighted by atomic mass is 32.2. The largest absolute Gasteiger partial charge is 0.490 e. The number of carbonyl (C=O) groups is 1. The molecule has 0 saturated heterocycles. The number of carboxylic acids is 1. The van der Waals surface area contributed by atoms with E-state index in [2.05, 4.69) is 0 Å². The number of ether oxygens (including phenoxy) is 2. The third-order valence-electron chi connectivity index (χ3n) is 2.54. The molecule has 2 rings (SSSR count). The van der Waals surface area contributed by atoms with Crippen molar-refractivity contribution in [2.24, 2.45) is 0 Å². The summed E-state index contributed by atoms with van der Waals surface area (Å²) in [5, 5.41) is 10.7. The van der Waals surface area contributed by atoms with Crippen molar-refractivity contribution in [1.82, 2.24) is 0 Å². The lowest BCUT2D eigenvalue weighted by atomic mass is 10.3. The minimum atomic E-state index is -0.881. The van der Waals surface area contributed by atoms with E-state index in [-0.39, 0.29) is 0 Å². The fraction of sp³-hybridized carbons (Fsp3) is 0.267. The smallest absolute Gasteiger partial charge is 0.345 e. The first-order chi connectivity index (χ1) is 10.2. The molecule has 4 nitrogen and oxygen atoms in total. The van der Waals surface area contributed by atoms with Gasteiger partial charge in [0.05, 0.1) is 13.2 Å². The van der Waals surface area contributed by atoms with Gasteiger partial charge in [0.15, 0.2) is 11.5 Å². The molecule has 0 radical (unpaired) electrons. The number of benzene rings is 1. The maximum Gasteiger partial charge on any atom is 0.345 e. The van der Waals surface area contributed by atoms with E-state index in [9.17, 15) is 4.79 Å². The van der Waals surface area contributed by atoms with Crippen molar-refractivity contribution in [3.05, 3.63) is 40.6 Å². The standard InChI is InChI=1S/C15H16O4S2/c1-2-18-12-5-3-4-6-13(12)19-7-8-20-11-9-14(15(16)17)21-10-11/h3-6,9-10H,2,7-8H2,1H3,(H,16,17). The van der Waals surface area contributed by atoms with Crippen molar-refractivity contribution in [2.45, 2.75) is 11.8 Å². The second-order valence-corrected chi connectivity index (χ2v) is 6.11. The number of carboxylic acid groups (broad SMARTS) is 1. The predicted octanol–water partition coefficient (Wildman–Crippen LogP) is 4.02. The summed E-state index contributed by atoms with van der Waals surface area (Å²) in [5.74, 6) is 1.34. The average Bonchev–Trinajstić information content (AvgIpc) is 2.94. The van der Waals surface area contributed by atoms with E-state index in [0.29, 0.717) is 18.1 Å². The summed E-state index contributed by atoms with van der Waals surface area (Å²) in [6.45, 7) is 3.07. The van der Waals surface area contributed by atoms with Crippen LogP contribution >= 0.6 is 23.1 Å². The molecule has 0 aliphatic carbocycles. The number of hydrogen-bond donors (Lipinski definition) is 1. The van der Waals surface area contributed by atoms with E-state index in [1.165, 1.54) is 11.3 Å². The third-order valence-corrected chi connectivity index (χ3v) is 4.55. The molecule has 0 amide bonds. The van der Waals surface area contributed by atoms with Crippen LogP contribution in [0, 0.1) is 0 Å². The molecule has 0 fully saturated rings. The Labute approximate surface area is 131 Å². The van der Waals surface area contributed by atoms with Crippen molar-refractivity contribution >= 4 is 29.1 Å². The first-order valence-electron chi connectivity index (χ1n) is 6.50. The van der Waals surface area contributed by atoms with Gasteiger partial charge >= 0.3 is 5.97 Å². The number of thiophene rings is 1. The van der Waals surface area contributed by atoms with Crippen molar-refractivity contribution in [3.8, 4) is 11.5 Å². The number of thioether (sulfide) groups is 1. The van der Waals surface area contributed by atoms with E-state index in [0.717, 1.165) is 22.1 Å². The zero-order chi connectivity index (χ0) is 15.1. The van der Waals surface area contributed by atoms with Gasteiger partial charge in [-0.2, -0.15) is 0 Å². The van der Waals surface area contributed by atoms with E-state index >= 15 is 0 Å². The molecule has 1 heterocycles. The second-order valence-electron chi connectivity index (χ2n) is 4.03. The van der Waals surface area contributed by atoms with Gasteiger partial charge in [-0.3, -0.25) is 0 Å². The van der Waals surface area contributed by atoms with Gasteiger partial charge in [0.25, 0.3) is 0 Å². The Bertz CT molecular complexity index is 595. The summed E-state index contributed by atoms with van der Waals surface area (Å²) in [5.41, 5.74) is 0. The molecule has 1 aromatic carbocycles. The fourth-order valence-corrected chi connectivity index (χ4v) is 3.36. The van der Waals surface area contributed by atoms with Crippen molar-refractivity contribution in [3.63, 3.8) is 0 Å². The molecular formula is C15H16O4S2. The van der Waals surface area contributed by atoms with Crippen LogP contribution in [-0.4, -0.2) is 30.0 Å². The minimum Gasteiger partial charge on any atom is -0.490 e. The maximum absolute atomic E-state index is 10.8. The topological polar surface area (TPSA) is 55.8 Å². The van der Waals surface area contributed by atoms with Crippen LogP contribution in [0.1, 0.15) is 16.6 Å². The lowest BCUT2D eigenvalue weighted by Crippen LogP contribution is -2.02. The third kappa shape index (κ3) is 4.68. The zero-order valence-electron chi connectivity index (χ0n) is 11.6. The Kier molecular flexibility index (Phi) is 5.95. The Hall–Kier alpha value is -1.66. The summed E-state index contributed by atoms with van der Waals surface area (Å²) >= 11 is 2.82. The fourth-order valence-electron chi connectivity index (χ4n) is 1.66. The SMILES string of the molecule is CCOc1ccccc1OCCSc1csc(C(=O)O)c1. The van der Waals surface area contributed by atoms with Gasteiger partial charge in [-0.25, -0.2) is 4.79 Å². The molecule has 0 aliphatic heterocycles. The molecule has 1 N–H and O–H groups in total. The molecule has 0 atom stereocenters. The van der Waals surface area contributed by atoms with E-state index in [1.54, 1.807) is 17.8 Å². The van der Waals surface area contributed by atoms with E-state index < -0.39 is 5.97 Å². The van der Waals surface area contributed by atoms with Gasteiger partial charge in [-0.05, 0) is 25.1 Å². The Morgan fingerprint density at radius 3 is 2.62 bits per heavy atom. The Balaban J connectivity index is 1.80. The van der Waals surface area contributed by atoms with Gasteiger partial charge in [0.2, 0.25) is 0 Å². The molecule has 6 heteroatoms. The van der Waals surface area contributed by atoms with Gasteiger partial charge in [0.1, 0.15) is 4.88 Å². The summed E-state index contributed by atoms with van der Waals surface area (Å²) in [6.07, 6.45) is 0. The molecule has 2 aromatic rings. The van der Waals surface area contributed by atoms with Crippen LogP contribution in [0.2, 0.25) is 0 Å². The van der Waals surface area contributed by atoms with E-state index in [1.807, 2.05) is 36.6 Å². The van der Waals surface area contributed by atoms with Crippen LogP contribution < -0.4 is 9.47 Å². The molecule has 0 saturated carbocycles. The van der Waals surface area contributed by atoms with Crippen molar-refractivity contribution in [2.75, 3.05) is 19.0 Å². The van der Waals surface area contributed by atoms with Gasteiger partial charge in [-0.1, -0.05) is 12.1 Å². The molecule has 21 heavy (non-hydrogen) atoms. The first kappa shape index (κ1) is 15.7. The number of para-hydroxylation sites is 2. The van der Waals surface area contributed by atoms with Crippen molar-refractivity contribution < 1.29 is 19.4 Å². The summed E-state index contributed by atoms with van der Waals surface area (Å²) < 4.78 is 11.2. The lowest BCUT2D eigenvalue weighted by molar-refractivity contribution is 0.0702. The van der Waals surface area contributed by atoms with Crippen LogP contribution in [0.25, 0.3) is 0 Å². The number of aromatic carboxylic acids is 1. The van der Waals surface area contributed by atoms with E-state index in [4.69, 9.17) is 14.6 Å². The average molecular weight is 324 g/mol. The summed E-state index contributed by atoms with van der Waals surface area (Å²) in [7, 11) is 0. The summed E-state index contributed by atoms with van der Waals surface area (Å²) in [4.78, 5) is 12.1. The van der Waals surface area contributed by atoms with Gasteiger partial charge in [0, 0.05) is 16.0 Å². The normalized spacial score (nSPS) is 10.3. The van der Waals surface area contributed by atoms with Crippen LogP contribution in [-0.2, 0) is 0 Å². The highest BCUT2D eigenvalue weighted by Gasteiger charge is 2.07. The first-order valence-corrected chi connectivity index (χ1v) is 8.36. The molecule has 0 aliphatic rings. The highest BCUT2D eigenvalue weighted by molar-refractivity contribution is 7.99. The summed E-state index contributed by atoms with van der Waals surface area (Å²) in [6, 6.07) is 9.26. The number of rotatable bonds is 8. The molecule has 0 bridgehead atoms. The van der Waals surface area contributed by atoms with Gasteiger partial charge in [-0.15, -0.1) is 23.1 Å². The second kappa shape index (κ2) is 7.95. The quantitative estimate of drug-likeness (QED) is 0.587. The predicted molar refractivity (Wildman–Crippen MR) is 85.1 cm³/mol. The highest BCUT2D eigenvalue weighted by Crippen LogP contribution is 2.28. The molecule has 112 valence electrons. The number of hydrogen-bond acceptors (Lipinski definition) is 5. The maximum atomic E-state index is 10.8. The van der Waals surface area contributed by atoms with Crippen LogP contribution in [0.3, 0.4) is 0 Å². The molecular weight excluding hydrogens is 308 g/mol. The zero-order valence-corrected chi connectivity index (χ0v) is 13.2. The monoisotopic (exact) mass is 324 g/mol. The minimum absolute atomic E-state index is 0.361. The Morgan fingerprint density at radius 2 is 2.00 bits per heavy atom. The molecule has 0 unspecified atom stereocenters. The van der Waals surface area contributed by atoms with Crippen LogP contribution in [0.15, 0.2) is 40.6 Å². The van der Waals surface area contributed by atoms with Crippen LogP contribution in [0.4, 0.5) is 0 Å². The Morgan fingerprint density at radius 1 is 1.29 bits per heavy atom. The molecule has 0 spiro atoms. The van der Waals surface area contributed by atoms with Crippen LogP contribution in [0.5, 0.6) is 11.5 Å². The van der Waals surface area contributed by atoms with Gasteiger partial charge < -0.3 is 14.6 Å². The molecule has 1 aromatic heterocycles.